The van der Waals surface area contributed by atoms with Gasteiger partial charge in [0.05, 0.1) is 17.1 Å². The van der Waals surface area contributed by atoms with Gasteiger partial charge in [0.1, 0.15) is 5.76 Å². The molecule has 4 nitrogen and oxygen atoms in total. The van der Waals surface area contributed by atoms with Gasteiger partial charge in [0.2, 0.25) is 5.91 Å². The van der Waals surface area contributed by atoms with Crippen LogP contribution in [0.4, 0.5) is 0 Å². The second-order valence-corrected chi connectivity index (χ2v) is 8.79. The van der Waals surface area contributed by atoms with Crippen LogP contribution in [0.5, 0.6) is 0 Å². The first-order valence-corrected chi connectivity index (χ1v) is 11.1. The van der Waals surface area contributed by atoms with Crippen LogP contribution >= 0.6 is 39.3 Å². The van der Waals surface area contributed by atoms with E-state index in [0.29, 0.717) is 15.9 Å². The predicted octanol–water partition coefficient (Wildman–Crippen LogP) is 6.69. The smallest absolute Gasteiger partial charge is 0.244 e. The number of carbonyl (C=O) groups excluding carboxylic acids is 1. The summed E-state index contributed by atoms with van der Waals surface area (Å²) < 4.78 is 6.60. The summed E-state index contributed by atoms with van der Waals surface area (Å²) in [6, 6.07) is 23.2. The highest BCUT2D eigenvalue weighted by molar-refractivity contribution is 9.10. The van der Waals surface area contributed by atoms with Gasteiger partial charge in [0, 0.05) is 16.0 Å². The van der Waals surface area contributed by atoms with Crippen LogP contribution in [0, 0.1) is 0 Å². The topological polar surface area (TPSA) is 54.6 Å². The Bertz CT molecular complexity index is 1220. The molecule has 0 atom stereocenters. The fraction of sp³-hybridized carbons (Fsp3) is 0.0435. The summed E-state index contributed by atoms with van der Waals surface area (Å²) in [5.41, 5.74) is 3.52. The summed E-state index contributed by atoms with van der Waals surface area (Å²) >= 11 is 10.9. The van der Waals surface area contributed by atoms with Crippen molar-refractivity contribution in [1.82, 2.24) is 5.43 Å². The van der Waals surface area contributed by atoms with Crippen LogP contribution < -0.4 is 5.43 Å². The average Bonchev–Trinajstić information content (AvgIpc) is 3.09. The SMILES string of the molecule is O=C(Cc1cccc2ccccc12)N/N=C/c1cc(Br)c(Sc2ccc(Cl)cc2)o1. The molecule has 4 aromatic rings. The zero-order valence-electron chi connectivity index (χ0n) is 15.6. The van der Waals surface area contributed by atoms with Gasteiger partial charge in [-0.1, -0.05) is 65.8 Å². The maximum Gasteiger partial charge on any atom is 0.244 e. The van der Waals surface area contributed by atoms with E-state index in [2.05, 4.69) is 26.5 Å². The Morgan fingerprint density at radius 2 is 1.87 bits per heavy atom. The van der Waals surface area contributed by atoms with Gasteiger partial charge in [0.15, 0.2) is 5.09 Å². The van der Waals surface area contributed by atoms with Gasteiger partial charge < -0.3 is 4.42 Å². The molecule has 0 spiro atoms. The molecule has 1 amide bonds. The quantitative estimate of drug-likeness (QED) is 0.237. The fourth-order valence-electron chi connectivity index (χ4n) is 2.94. The second kappa shape index (κ2) is 9.51. The number of nitrogens with one attached hydrogen (secondary N) is 1. The fourth-order valence-corrected chi connectivity index (χ4v) is 4.39. The third kappa shape index (κ3) is 5.14. The lowest BCUT2D eigenvalue weighted by molar-refractivity contribution is -0.120. The molecule has 0 unspecified atom stereocenters. The summed E-state index contributed by atoms with van der Waals surface area (Å²) in [6.07, 6.45) is 1.73. The Balaban J connectivity index is 1.38. The number of amides is 1. The number of hydrogen-bond acceptors (Lipinski definition) is 4. The summed E-state index contributed by atoms with van der Waals surface area (Å²) in [5, 5.41) is 7.58. The molecule has 1 N–H and O–H groups in total. The van der Waals surface area contributed by atoms with E-state index >= 15 is 0 Å². The molecular formula is C23H16BrClN2O2S. The molecule has 0 aliphatic heterocycles. The van der Waals surface area contributed by atoms with Crippen LogP contribution in [0.15, 0.2) is 96.8 Å². The van der Waals surface area contributed by atoms with E-state index in [1.165, 1.54) is 18.0 Å². The number of benzene rings is 3. The molecule has 0 saturated carbocycles. The van der Waals surface area contributed by atoms with Gasteiger partial charge in [-0.25, -0.2) is 5.43 Å². The van der Waals surface area contributed by atoms with E-state index in [4.69, 9.17) is 16.0 Å². The zero-order valence-corrected chi connectivity index (χ0v) is 18.8. The standard InChI is InChI=1S/C23H16BrClN2O2S/c24-21-13-18(29-23(21)30-19-10-8-17(25)9-11-19)14-26-27-22(28)12-16-6-3-5-15-4-1-2-7-20(15)16/h1-11,13-14H,12H2,(H,27,28)/b26-14+. The highest BCUT2D eigenvalue weighted by Crippen LogP contribution is 2.35. The maximum absolute atomic E-state index is 12.3. The number of nitrogens with zero attached hydrogens (tertiary/aromatic N) is 1. The molecule has 0 saturated heterocycles. The van der Waals surface area contributed by atoms with Gasteiger partial charge in [-0.3, -0.25) is 4.79 Å². The van der Waals surface area contributed by atoms with Crippen molar-refractivity contribution in [3.8, 4) is 0 Å². The minimum Gasteiger partial charge on any atom is -0.447 e. The Labute approximate surface area is 191 Å². The minimum absolute atomic E-state index is 0.191. The van der Waals surface area contributed by atoms with Crippen LogP contribution in [0.1, 0.15) is 11.3 Å². The molecule has 0 bridgehead atoms. The van der Waals surface area contributed by atoms with Crippen molar-refractivity contribution in [3.63, 3.8) is 0 Å². The highest BCUT2D eigenvalue weighted by atomic mass is 79.9. The Morgan fingerprint density at radius 1 is 1.10 bits per heavy atom. The zero-order chi connectivity index (χ0) is 20.9. The Hall–Kier alpha value is -2.54. The largest absolute Gasteiger partial charge is 0.447 e. The third-order valence-corrected chi connectivity index (χ3v) is 6.41. The van der Waals surface area contributed by atoms with Crippen LogP contribution in [0.25, 0.3) is 10.8 Å². The molecule has 0 aliphatic carbocycles. The number of rotatable bonds is 6. The van der Waals surface area contributed by atoms with Crippen LogP contribution in [-0.2, 0) is 11.2 Å². The Kier molecular flexibility index (Phi) is 6.57. The number of carbonyl (C=O) groups is 1. The van der Waals surface area contributed by atoms with Crippen molar-refractivity contribution in [2.75, 3.05) is 0 Å². The van der Waals surface area contributed by atoms with Gasteiger partial charge in [-0.2, -0.15) is 5.10 Å². The van der Waals surface area contributed by atoms with Crippen LogP contribution in [0.3, 0.4) is 0 Å². The summed E-state index contributed by atoms with van der Waals surface area (Å²) in [7, 11) is 0. The van der Waals surface area contributed by atoms with E-state index in [1.807, 2.05) is 66.7 Å². The average molecular weight is 500 g/mol. The van der Waals surface area contributed by atoms with E-state index in [-0.39, 0.29) is 12.3 Å². The number of fused-ring (bicyclic) bond motifs is 1. The summed E-state index contributed by atoms with van der Waals surface area (Å²) in [6.45, 7) is 0. The van der Waals surface area contributed by atoms with Crippen molar-refractivity contribution in [1.29, 1.82) is 0 Å². The first-order valence-electron chi connectivity index (χ1n) is 9.10. The first kappa shape index (κ1) is 20.7. The first-order chi connectivity index (χ1) is 14.6. The molecule has 1 aromatic heterocycles. The van der Waals surface area contributed by atoms with Crippen LogP contribution in [0.2, 0.25) is 5.02 Å². The normalized spacial score (nSPS) is 11.3. The highest BCUT2D eigenvalue weighted by Gasteiger charge is 2.10. The lowest BCUT2D eigenvalue weighted by Gasteiger charge is -2.05. The maximum atomic E-state index is 12.3. The molecule has 4 rings (SSSR count). The van der Waals surface area contributed by atoms with E-state index in [0.717, 1.165) is 25.7 Å². The predicted molar refractivity (Wildman–Crippen MR) is 125 cm³/mol. The van der Waals surface area contributed by atoms with Crippen molar-refractivity contribution < 1.29 is 9.21 Å². The second-order valence-electron chi connectivity index (χ2n) is 6.45. The van der Waals surface area contributed by atoms with E-state index < -0.39 is 0 Å². The molecular weight excluding hydrogens is 484 g/mol. The van der Waals surface area contributed by atoms with Crippen molar-refractivity contribution in [3.05, 3.63) is 93.6 Å². The molecule has 0 fully saturated rings. The monoisotopic (exact) mass is 498 g/mol. The number of furan rings is 1. The van der Waals surface area contributed by atoms with Crippen LogP contribution in [-0.4, -0.2) is 12.1 Å². The number of hydrogen-bond donors (Lipinski definition) is 1. The van der Waals surface area contributed by atoms with Crippen molar-refractivity contribution in [2.24, 2.45) is 5.10 Å². The molecule has 0 aliphatic rings. The lowest BCUT2D eigenvalue weighted by Crippen LogP contribution is -2.19. The molecule has 30 heavy (non-hydrogen) atoms. The van der Waals surface area contributed by atoms with Gasteiger partial charge in [0.25, 0.3) is 0 Å². The third-order valence-electron chi connectivity index (χ3n) is 4.31. The van der Waals surface area contributed by atoms with E-state index in [1.54, 1.807) is 6.07 Å². The lowest BCUT2D eigenvalue weighted by atomic mass is 10.0. The minimum atomic E-state index is -0.191. The number of hydrazone groups is 1. The van der Waals surface area contributed by atoms with Crippen molar-refractivity contribution >= 4 is 62.2 Å². The summed E-state index contributed by atoms with van der Waals surface area (Å²) in [5.74, 6) is 0.341. The molecule has 1 heterocycles. The Morgan fingerprint density at radius 3 is 2.70 bits per heavy atom. The molecule has 0 radical (unpaired) electrons. The van der Waals surface area contributed by atoms with Gasteiger partial charge in [-0.05, 0) is 56.5 Å². The molecule has 3 aromatic carbocycles. The molecule has 150 valence electrons. The van der Waals surface area contributed by atoms with E-state index in [9.17, 15) is 4.79 Å². The number of halogens is 2. The van der Waals surface area contributed by atoms with Gasteiger partial charge in [-0.15, -0.1) is 0 Å². The summed E-state index contributed by atoms with van der Waals surface area (Å²) in [4.78, 5) is 13.3. The molecule has 7 heteroatoms. The van der Waals surface area contributed by atoms with Gasteiger partial charge >= 0.3 is 0 Å². The van der Waals surface area contributed by atoms with Crippen molar-refractivity contribution in [2.45, 2.75) is 16.4 Å².